The minimum Gasteiger partial charge on any atom is -0.507 e. The SMILES string of the molecule is Cc1ccc(C(=O)Nc2ccc(I)cc2)c(O)c1. The van der Waals surface area contributed by atoms with E-state index >= 15 is 0 Å². The number of hydrogen-bond donors (Lipinski definition) is 2. The fraction of sp³-hybridized carbons (Fsp3) is 0.0714. The zero-order valence-corrected chi connectivity index (χ0v) is 11.9. The number of rotatable bonds is 2. The number of benzene rings is 2. The van der Waals surface area contributed by atoms with Crippen LogP contribution in [0.15, 0.2) is 42.5 Å². The van der Waals surface area contributed by atoms with E-state index < -0.39 is 0 Å². The average molecular weight is 353 g/mol. The zero-order chi connectivity index (χ0) is 13.1. The van der Waals surface area contributed by atoms with Crippen LogP contribution in [-0.4, -0.2) is 11.0 Å². The van der Waals surface area contributed by atoms with Crippen LogP contribution in [0.3, 0.4) is 0 Å². The average Bonchev–Trinajstić information content (AvgIpc) is 2.32. The van der Waals surface area contributed by atoms with Crippen molar-refractivity contribution in [3.63, 3.8) is 0 Å². The van der Waals surface area contributed by atoms with Crippen molar-refractivity contribution >= 4 is 34.2 Å². The molecule has 0 saturated heterocycles. The minimum absolute atomic E-state index is 0.00184. The second-order valence-electron chi connectivity index (χ2n) is 3.98. The van der Waals surface area contributed by atoms with Crippen molar-refractivity contribution < 1.29 is 9.90 Å². The maximum atomic E-state index is 12.0. The van der Waals surface area contributed by atoms with Crippen molar-refractivity contribution in [2.75, 3.05) is 5.32 Å². The van der Waals surface area contributed by atoms with Gasteiger partial charge in [0.1, 0.15) is 5.75 Å². The number of amides is 1. The zero-order valence-electron chi connectivity index (χ0n) is 9.77. The van der Waals surface area contributed by atoms with Crippen LogP contribution in [0, 0.1) is 10.5 Å². The first kappa shape index (κ1) is 12.9. The first-order valence-electron chi connectivity index (χ1n) is 5.43. The second kappa shape index (κ2) is 5.39. The number of halogens is 1. The molecule has 0 unspecified atom stereocenters. The molecule has 0 atom stereocenters. The Morgan fingerprint density at radius 2 is 1.83 bits per heavy atom. The summed E-state index contributed by atoms with van der Waals surface area (Å²) in [5.41, 5.74) is 1.90. The molecule has 2 aromatic carbocycles. The summed E-state index contributed by atoms with van der Waals surface area (Å²) in [6.45, 7) is 1.86. The molecule has 3 nitrogen and oxygen atoms in total. The van der Waals surface area contributed by atoms with Crippen molar-refractivity contribution in [1.82, 2.24) is 0 Å². The second-order valence-corrected chi connectivity index (χ2v) is 5.23. The molecule has 0 saturated carbocycles. The molecule has 0 aliphatic carbocycles. The third-order valence-electron chi connectivity index (χ3n) is 2.50. The topological polar surface area (TPSA) is 49.3 Å². The number of carbonyl (C=O) groups excluding carboxylic acids is 1. The third-order valence-corrected chi connectivity index (χ3v) is 3.22. The van der Waals surface area contributed by atoms with Gasteiger partial charge in [0.05, 0.1) is 5.56 Å². The van der Waals surface area contributed by atoms with E-state index in [4.69, 9.17) is 0 Å². The highest BCUT2D eigenvalue weighted by Gasteiger charge is 2.10. The molecule has 4 heteroatoms. The minimum atomic E-state index is -0.311. The molecular formula is C14H12INO2. The highest BCUT2D eigenvalue weighted by Crippen LogP contribution is 2.20. The van der Waals surface area contributed by atoms with E-state index in [-0.39, 0.29) is 17.2 Å². The number of aromatic hydroxyl groups is 1. The Labute approximate surface area is 119 Å². The number of carbonyl (C=O) groups is 1. The van der Waals surface area contributed by atoms with E-state index in [1.807, 2.05) is 31.2 Å². The van der Waals surface area contributed by atoms with Crippen LogP contribution in [0.5, 0.6) is 5.75 Å². The molecule has 0 radical (unpaired) electrons. The Hall–Kier alpha value is -1.56. The number of anilines is 1. The van der Waals surface area contributed by atoms with E-state index in [0.29, 0.717) is 5.69 Å². The van der Waals surface area contributed by atoms with E-state index in [9.17, 15) is 9.90 Å². The van der Waals surface area contributed by atoms with Gasteiger partial charge in [0.25, 0.3) is 5.91 Å². The monoisotopic (exact) mass is 353 g/mol. The quantitative estimate of drug-likeness (QED) is 0.812. The summed E-state index contributed by atoms with van der Waals surface area (Å²) in [6.07, 6.45) is 0. The normalized spacial score (nSPS) is 10.1. The van der Waals surface area contributed by atoms with Gasteiger partial charge < -0.3 is 10.4 Å². The van der Waals surface area contributed by atoms with Gasteiger partial charge in [-0.1, -0.05) is 6.07 Å². The van der Waals surface area contributed by atoms with Crippen molar-refractivity contribution in [2.24, 2.45) is 0 Å². The lowest BCUT2D eigenvalue weighted by Gasteiger charge is -2.07. The summed E-state index contributed by atoms with van der Waals surface area (Å²) in [5.74, 6) is -0.313. The smallest absolute Gasteiger partial charge is 0.259 e. The Morgan fingerprint density at radius 3 is 2.44 bits per heavy atom. The van der Waals surface area contributed by atoms with Crippen molar-refractivity contribution in [3.8, 4) is 5.75 Å². The summed E-state index contributed by atoms with van der Waals surface area (Å²) >= 11 is 2.20. The van der Waals surface area contributed by atoms with Gasteiger partial charge in [-0.25, -0.2) is 0 Å². The van der Waals surface area contributed by atoms with Gasteiger partial charge in [-0.2, -0.15) is 0 Å². The van der Waals surface area contributed by atoms with Gasteiger partial charge in [-0.3, -0.25) is 4.79 Å². The van der Waals surface area contributed by atoms with Crippen LogP contribution < -0.4 is 5.32 Å². The number of phenols is 1. The molecule has 2 rings (SSSR count). The number of hydrogen-bond acceptors (Lipinski definition) is 2. The molecule has 0 spiro atoms. The maximum absolute atomic E-state index is 12.0. The molecule has 2 N–H and O–H groups in total. The van der Waals surface area contributed by atoms with E-state index in [0.717, 1.165) is 9.13 Å². The largest absolute Gasteiger partial charge is 0.507 e. The lowest BCUT2D eigenvalue weighted by Crippen LogP contribution is -2.12. The summed E-state index contributed by atoms with van der Waals surface area (Å²) < 4.78 is 1.10. The van der Waals surface area contributed by atoms with Crippen molar-refractivity contribution in [1.29, 1.82) is 0 Å². The van der Waals surface area contributed by atoms with Crippen LogP contribution in [0.4, 0.5) is 5.69 Å². The van der Waals surface area contributed by atoms with Crippen molar-refractivity contribution in [2.45, 2.75) is 6.92 Å². The van der Waals surface area contributed by atoms with Gasteiger partial charge in [-0.05, 0) is 71.5 Å². The molecule has 92 valence electrons. The summed E-state index contributed by atoms with van der Waals surface area (Å²) in [7, 11) is 0. The van der Waals surface area contributed by atoms with Gasteiger partial charge in [0, 0.05) is 9.26 Å². The van der Waals surface area contributed by atoms with Crippen LogP contribution in [-0.2, 0) is 0 Å². The number of nitrogens with one attached hydrogen (secondary N) is 1. The lowest BCUT2D eigenvalue weighted by atomic mass is 10.1. The van der Waals surface area contributed by atoms with Crippen LogP contribution >= 0.6 is 22.6 Å². The summed E-state index contributed by atoms with van der Waals surface area (Å²) in [4.78, 5) is 12.0. The van der Waals surface area contributed by atoms with Crippen LogP contribution in [0.2, 0.25) is 0 Å². The van der Waals surface area contributed by atoms with Crippen LogP contribution in [0.25, 0.3) is 0 Å². The molecule has 0 heterocycles. The highest BCUT2D eigenvalue weighted by molar-refractivity contribution is 14.1. The molecule has 18 heavy (non-hydrogen) atoms. The Morgan fingerprint density at radius 1 is 1.17 bits per heavy atom. The molecule has 0 aromatic heterocycles. The first-order chi connectivity index (χ1) is 8.56. The Kier molecular flexibility index (Phi) is 3.86. The lowest BCUT2D eigenvalue weighted by molar-refractivity contribution is 0.102. The molecule has 0 fully saturated rings. The molecule has 0 aliphatic heterocycles. The van der Waals surface area contributed by atoms with E-state index in [1.165, 1.54) is 0 Å². The van der Waals surface area contributed by atoms with Gasteiger partial charge in [0.2, 0.25) is 0 Å². The van der Waals surface area contributed by atoms with Gasteiger partial charge >= 0.3 is 0 Å². The molecular weight excluding hydrogens is 341 g/mol. The fourth-order valence-electron chi connectivity index (χ4n) is 1.57. The molecule has 0 bridgehead atoms. The van der Waals surface area contributed by atoms with Gasteiger partial charge in [0.15, 0.2) is 0 Å². The standard InChI is InChI=1S/C14H12INO2/c1-9-2-7-12(13(17)8-9)14(18)16-11-5-3-10(15)4-6-11/h2-8,17H,1H3,(H,16,18). The Balaban J connectivity index is 2.19. The third kappa shape index (κ3) is 3.01. The highest BCUT2D eigenvalue weighted by atomic mass is 127. The Bertz CT molecular complexity index is 579. The fourth-order valence-corrected chi connectivity index (χ4v) is 1.92. The first-order valence-corrected chi connectivity index (χ1v) is 6.50. The maximum Gasteiger partial charge on any atom is 0.259 e. The summed E-state index contributed by atoms with van der Waals surface area (Å²) in [6, 6.07) is 12.4. The van der Waals surface area contributed by atoms with Crippen molar-refractivity contribution in [3.05, 3.63) is 57.2 Å². The molecule has 2 aromatic rings. The number of phenolic OH excluding ortho intramolecular Hbond substituents is 1. The summed E-state index contributed by atoms with van der Waals surface area (Å²) in [5, 5.41) is 12.5. The van der Waals surface area contributed by atoms with Crippen LogP contribution in [0.1, 0.15) is 15.9 Å². The predicted molar refractivity (Wildman–Crippen MR) is 80.0 cm³/mol. The predicted octanol–water partition coefficient (Wildman–Crippen LogP) is 3.56. The van der Waals surface area contributed by atoms with Gasteiger partial charge in [-0.15, -0.1) is 0 Å². The molecule has 0 aliphatic rings. The molecule has 1 amide bonds. The van der Waals surface area contributed by atoms with E-state index in [2.05, 4.69) is 27.9 Å². The van der Waals surface area contributed by atoms with E-state index in [1.54, 1.807) is 18.2 Å². The number of aryl methyl sites for hydroxylation is 1.